The molecule has 0 atom stereocenters. The molecule has 1 aromatic carbocycles. The Morgan fingerprint density at radius 2 is 2.04 bits per heavy atom. The molecule has 3 rings (SSSR count). The van der Waals surface area contributed by atoms with Crippen LogP contribution in [0, 0.1) is 0 Å². The van der Waals surface area contributed by atoms with E-state index in [-0.39, 0.29) is 5.91 Å². The first-order valence-corrected chi connectivity index (χ1v) is 10.7. The molecule has 0 spiro atoms. The van der Waals surface area contributed by atoms with Gasteiger partial charge in [0.2, 0.25) is 5.91 Å². The van der Waals surface area contributed by atoms with Gasteiger partial charge in [0, 0.05) is 37.9 Å². The van der Waals surface area contributed by atoms with Crippen LogP contribution in [0.4, 0.5) is 5.69 Å². The number of rotatable bonds is 7. The molecule has 1 N–H and O–H groups in total. The van der Waals surface area contributed by atoms with Crippen LogP contribution in [0.25, 0.3) is 11.4 Å². The number of aromatic nitrogens is 3. The lowest BCUT2D eigenvalue weighted by Gasteiger charge is -2.22. The Kier molecular flexibility index (Phi) is 6.77. The molecule has 1 aromatic heterocycles. The first-order chi connectivity index (χ1) is 13.1. The first-order valence-electron chi connectivity index (χ1n) is 9.71. The number of hydrogen-bond donors (Lipinski definition) is 1. The molecular weight excluding hydrogens is 358 g/mol. The fourth-order valence-corrected chi connectivity index (χ4v) is 4.28. The van der Waals surface area contributed by atoms with Crippen LogP contribution in [0.3, 0.4) is 0 Å². The van der Waals surface area contributed by atoms with E-state index in [1.54, 1.807) is 0 Å². The van der Waals surface area contributed by atoms with Gasteiger partial charge in [-0.25, -0.2) is 0 Å². The summed E-state index contributed by atoms with van der Waals surface area (Å²) >= 11 is 1.46. The average Bonchev–Trinajstić information content (AvgIpc) is 3.10. The quantitative estimate of drug-likeness (QED) is 0.736. The second-order valence-corrected chi connectivity index (χ2v) is 8.13. The van der Waals surface area contributed by atoms with E-state index >= 15 is 0 Å². The normalized spacial score (nSPS) is 14.9. The highest BCUT2D eigenvalue weighted by molar-refractivity contribution is 7.99. The monoisotopic (exact) mass is 387 g/mol. The third-order valence-electron chi connectivity index (χ3n) is 4.96. The van der Waals surface area contributed by atoms with E-state index in [1.807, 2.05) is 26.2 Å². The van der Waals surface area contributed by atoms with Gasteiger partial charge in [-0.2, -0.15) is 0 Å². The molecule has 1 amide bonds. The summed E-state index contributed by atoms with van der Waals surface area (Å²) in [5.74, 6) is 1.32. The number of nitrogens with zero attached hydrogens (tertiary/aromatic N) is 4. The summed E-state index contributed by atoms with van der Waals surface area (Å²) in [6.07, 6.45) is 5.94. The second-order valence-electron chi connectivity index (χ2n) is 7.19. The van der Waals surface area contributed by atoms with Crippen molar-refractivity contribution >= 4 is 23.4 Å². The van der Waals surface area contributed by atoms with Crippen LogP contribution in [-0.2, 0) is 11.3 Å². The number of anilines is 1. The van der Waals surface area contributed by atoms with Gasteiger partial charge in [0.05, 0.1) is 5.75 Å². The fraction of sp³-hybridized carbons (Fsp3) is 0.550. The Morgan fingerprint density at radius 1 is 1.26 bits per heavy atom. The van der Waals surface area contributed by atoms with Gasteiger partial charge in [0.15, 0.2) is 11.0 Å². The van der Waals surface area contributed by atoms with Crippen molar-refractivity contribution < 1.29 is 4.79 Å². The van der Waals surface area contributed by atoms with Crippen molar-refractivity contribution in [2.75, 3.05) is 24.7 Å². The van der Waals surface area contributed by atoms with Gasteiger partial charge in [0.25, 0.3) is 0 Å². The molecule has 1 aliphatic carbocycles. The van der Waals surface area contributed by atoms with E-state index in [1.165, 1.54) is 31.0 Å². The number of amides is 1. The van der Waals surface area contributed by atoms with Gasteiger partial charge < -0.3 is 14.8 Å². The van der Waals surface area contributed by atoms with Crippen LogP contribution in [0.2, 0.25) is 0 Å². The number of nitrogens with one attached hydrogen (secondary N) is 1. The average molecular weight is 388 g/mol. The summed E-state index contributed by atoms with van der Waals surface area (Å²) in [7, 11) is 4.05. The maximum atomic E-state index is 12.3. The summed E-state index contributed by atoms with van der Waals surface area (Å²) in [4.78, 5) is 14.4. The zero-order valence-corrected chi connectivity index (χ0v) is 17.3. The second kappa shape index (κ2) is 9.26. The fourth-order valence-electron chi connectivity index (χ4n) is 3.46. The van der Waals surface area contributed by atoms with Gasteiger partial charge in [-0.1, -0.05) is 43.2 Å². The number of thioether (sulfide) groups is 1. The van der Waals surface area contributed by atoms with Gasteiger partial charge in [-0.3, -0.25) is 4.79 Å². The minimum absolute atomic E-state index is 0.0914. The van der Waals surface area contributed by atoms with E-state index in [9.17, 15) is 4.79 Å². The smallest absolute Gasteiger partial charge is 0.230 e. The summed E-state index contributed by atoms with van der Waals surface area (Å²) in [5, 5.41) is 12.7. The Balaban J connectivity index is 1.67. The highest BCUT2D eigenvalue weighted by Crippen LogP contribution is 2.26. The lowest BCUT2D eigenvalue weighted by atomic mass is 9.95. The van der Waals surface area contributed by atoms with Gasteiger partial charge in [-0.05, 0) is 31.9 Å². The van der Waals surface area contributed by atoms with Crippen LogP contribution in [0.5, 0.6) is 0 Å². The minimum atomic E-state index is 0.0914. The molecular formula is C20H29N5OS. The van der Waals surface area contributed by atoms with Crippen LogP contribution < -0.4 is 10.2 Å². The highest BCUT2D eigenvalue weighted by Gasteiger charge is 2.18. The highest BCUT2D eigenvalue weighted by atomic mass is 32.2. The molecule has 1 aliphatic rings. The number of carbonyl (C=O) groups is 1. The Morgan fingerprint density at radius 3 is 2.74 bits per heavy atom. The summed E-state index contributed by atoms with van der Waals surface area (Å²) in [6.45, 7) is 2.84. The maximum Gasteiger partial charge on any atom is 0.230 e. The Bertz CT molecular complexity index is 767. The molecule has 0 saturated heterocycles. The Labute approximate surface area is 165 Å². The molecule has 27 heavy (non-hydrogen) atoms. The van der Waals surface area contributed by atoms with Gasteiger partial charge in [-0.15, -0.1) is 10.2 Å². The molecule has 0 aliphatic heterocycles. The largest absolute Gasteiger partial charge is 0.378 e. The molecule has 0 unspecified atom stereocenters. The minimum Gasteiger partial charge on any atom is -0.378 e. The Hall–Kier alpha value is -2.02. The third-order valence-corrected chi connectivity index (χ3v) is 5.92. The van der Waals surface area contributed by atoms with Crippen LogP contribution in [0.1, 0.15) is 39.0 Å². The van der Waals surface area contributed by atoms with Crippen molar-refractivity contribution in [1.29, 1.82) is 0 Å². The van der Waals surface area contributed by atoms with Crippen LogP contribution in [-0.4, -0.2) is 46.6 Å². The molecule has 7 heteroatoms. The van der Waals surface area contributed by atoms with E-state index in [2.05, 4.69) is 44.0 Å². The van der Waals surface area contributed by atoms with Crippen molar-refractivity contribution in [2.45, 2.75) is 56.8 Å². The molecule has 1 heterocycles. The predicted molar refractivity (Wildman–Crippen MR) is 111 cm³/mol. The van der Waals surface area contributed by atoms with E-state index < -0.39 is 0 Å². The molecule has 0 bridgehead atoms. The predicted octanol–water partition coefficient (Wildman–Crippen LogP) is 3.57. The molecule has 1 saturated carbocycles. The van der Waals surface area contributed by atoms with Crippen LogP contribution in [0.15, 0.2) is 29.4 Å². The zero-order chi connectivity index (χ0) is 19.2. The molecule has 6 nitrogen and oxygen atoms in total. The summed E-state index contributed by atoms with van der Waals surface area (Å²) < 4.78 is 2.08. The lowest BCUT2D eigenvalue weighted by Crippen LogP contribution is -2.37. The molecule has 0 radical (unpaired) electrons. The molecule has 2 aromatic rings. The van der Waals surface area contributed by atoms with E-state index in [4.69, 9.17) is 0 Å². The van der Waals surface area contributed by atoms with Crippen molar-refractivity contribution in [2.24, 2.45) is 0 Å². The number of hydrogen-bond acceptors (Lipinski definition) is 5. The van der Waals surface area contributed by atoms with Crippen molar-refractivity contribution in [3.8, 4) is 11.4 Å². The maximum absolute atomic E-state index is 12.3. The third kappa shape index (κ3) is 5.03. The summed E-state index contributed by atoms with van der Waals surface area (Å²) in [5.41, 5.74) is 2.16. The number of benzene rings is 1. The summed E-state index contributed by atoms with van der Waals surface area (Å²) in [6, 6.07) is 8.61. The van der Waals surface area contributed by atoms with E-state index in [0.29, 0.717) is 11.8 Å². The van der Waals surface area contributed by atoms with Crippen molar-refractivity contribution in [1.82, 2.24) is 20.1 Å². The van der Waals surface area contributed by atoms with Crippen molar-refractivity contribution in [3.63, 3.8) is 0 Å². The molecule has 1 fully saturated rings. The first kappa shape index (κ1) is 19.7. The lowest BCUT2D eigenvalue weighted by molar-refractivity contribution is -0.119. The van der Waals surface area contributed by atoms with Crippen LogP contribution >= 0.6 is 11.8 Å². The standard InChI is InChI=1S/C20H29N5OS/c1-4-25-19(15-9-8-12-17(13-15)24(2)3)22-23-20(25)27-14-18(26)21-16-10-6-5-7-11-16/h8-9,12-13,16H,4-7,10-11,14H2,1-3H3,(H,21,26). The van der Waals surface area contributed by atoms with Gasteiger partial charge in [0.1, 0.15) is 0 Å². The molecule has 146 valence electrons. The zero-order valence-electron chi connectivity index (χ0n) is 16.4. The van der Waals surface area contributed by atoms with Crippen molar-refractivity contribution in [3.05, 3.63) is 24.3 Å². The topological polar surface area (TPSA) is 63.1 Å². The SMILES string of the molecule is CCn1c(SCC(=O)NC2CCCCC2)nnc1-c1cccc(N(C)C)c1. The van der Waals surface area contributed by atoms with E-state index in [0.717, 1.165) is 41.6 Å². The van der Waals surface area contributed by atoms with Gasteiger partial charge >= 0.3 is 0 Å². The number of carbonyl (C=O) groups excluding carboxylic acids is 1.